The van der Waals surface area contributed by atoms with Crippen LogP contribution in [-0.2, 0) is 57.2 Å². The molecule has 0 radical (unpaired) electrons. The highest BCUT2D eigenvalue weighted by Gasteiger charge is 2.63. The Hall–Kier alpha value is -3.18. The van der Waals surface area contributed by atoms with Crippen molar-refractivity contribution in [3.63, 3.8) is 0 Å². The van der Waals surface area contributed by atoms with Gasteiger partial charge in [0.2, 0.25) is 0 Å². The van der Waals surface area contributed by atoms with Gasteiger partial charge in [-0.05, 0) is 426 Å². The standard InChI is InChI=1S/C19H32O2.2C17H28O2.2C17H30O2.C14H24O2.12CH4/c1-6-17(2,3)16(20)21-18(4,5)19-10-13-7-14(11-19)9-15(8-13)12-19;1-5-16(2,3)15(18)19-17(4)13-7-11-6-12(9-13)10-14(17)8-11;1-5-16(2,3)15(18)19-17(4)10-11-9-14(17)13-8-6-7-12(11)13;1-5-16(2,3)15(18)19-17(4)12-8-10-13-9-6-7-11-14(13)17;1-5-16(2,3)15(18)19-17(4)11-10-13-8-6-7-9-14(13)12-17;1-5-13(2,3)12(15)16-14(4)9-10-6-7-11(14)8-10;;;;;;;;;;;;/h13-15H,6-12H2,1-5H3;2*11-14H,5-10H2,1-4H3;2*13-14H,5-12H2,1-4H3;10-11H,5-9H2,1-4H3;12*1H4. The van der Waals surface area contributed by atoms with Gasteiger partial charge in [-0.3, -0.25) is 28.8 Å². The van der Waals surface area contributed by atoms with E-state index in [1.807, 2.05) is 90.0 Å². The molecule has 12 nitrogen and oxygen atoms in total. The maximum absolute atomic E-state index is 12.6. The Morgan fingerprint density at radius 2 is 0.640 bits per heavy atom. The third kappa shape index (κ3) is 27.8. The van der Waals surface area contributed by atoms with Gasteiger partial charge >= 0.3 is 35.8 Å². The second-order valence-electron chi connectivity index (χ2n) is 47.1. The second kappa shape index (κ2) is 48.1. The summed E-state index contributed by atoms with van der Waals surface area (Å²) in [7, 11) is 0. The van der Waals surface area contributed by atoms with Crippen LogP contribution >= 0.6 is 0 Å². The molecule has 0 amide bonds. The Bertz CT molecular complexity index is 3190. The summed E-state index contributed by atoms with van der Waals surface area (Å²) in [5.74, 6) is 13.6. The van der Waals surface area contributed by atoms with Crippen LogP contribution < -0.4 is 0 Å². The number of ether oxygens (including phenoxy) is 6. The minimum absolute atomic E-state index is 0. The highest BCUT2D eigenvalue weighted by atomic mass is 16.6. The lowest BCUT2D eigenvalue weighted by atomic mass is 9.46. The summed E-state index contributed by atoms with van der Waals surface area (Å²) < 4.78 is 36.2. The van der Waals surface area contributed by atoms with Crippen molar-refractivity contribution in [1.82, 2.24) is 0 Å². The molecule has 744 valence electrons. The largest absolute Gasteiger partial charge is 0.459 e. The first-order chi connectivity index (χ1) is 52.5. The Morgan fingerprint density at radius 3 is 1.07 bits per heavy atom. The van der Waals surface area contributed by atoms with E-state index in [9.17, 15) is 28.8 Å². The van der Waals surface area contributed by atoms with Crippen molar-refractivity contribution in [2.24, 2.45) is 139 Å². The first-order valence-corrected chi connectivity index (χ1v) is 47.9. The predicted molar refractivity (Wildman–Crippen MR) is 537 cm³/mol. The van der Waals surface area contributed by atoms with Crippen molar-refractivity contribution in [3.05, 3.63) is 0 Å². The molecule has 12 bridgehead atoms. The van der Waals surface area contributed by atoms with E-state index >= 15 is 0 Å². The summed E-state index contributed by atoms with van der Waals surface area (Å²) in [5, 5.41) is 0. The molecular formula is C113H220O12. The molecule has 17 aliphatic carbocycles. The van der Waals surface area contributed by atoms with Gasteiger partial charge in [-0.1, -0.05) is 182 Å². The Labute approximate surface area is 779 Å². The summed E-state index contributed by atoms with van der Waals surface area (Å²) in [4.78, 5) is 74.3. The van der Waals surface area contributed by atoms with Gasteiger partial charge in [-0.15, -0.1) is 0 Å². The number of hydrogen-bond acceptors (Lipinski definition) is 12. The number of hydrogen-bond donors (Lipinski definition) is 0. The fourth-order valence-corrected chi connectivity index (χ4v) is 26.0. The van der Waals surface area contributed by atoms with E-state index < -0.39 is 0 Å². The monoisotopic (exact) mass is 1770 g/mol. The van der Waals surface area contributed by atoms with Crippen LogP contribution in [-0.4, -0.2) is 69.4 Å². The van der Waals surface area contributed by atoms with E-state index in [1.165, 1.54) is 186 Å². The molecule has 0 aromatic heterocycles. The van der Waals surface area contributed by atoms with Crippen LogP contribution in [0.2, 0.25) is 0 Å². The molecule has 0 aromatic carbocycles. The Balaban J connectivity index is -0.00000140. The fraction of sp³-hybridized carbons (Fsp3) is 0.947. The molecular weight excluding hydrogens is 1550 g/mol. The van der Waals surface area contributed by atoms with E-state index in [1.54, 1.807) is 0 Å². The zero-order valence-electron chi connectivity index (χ0n) is 77.5. The SMILES string of the molecule is C.C.C.C.C.C.C.C.C.C.C.C.CCC(C)(C)C(=O)OC(C)(C)C12CC3CC(CC(C3)C1)C2.CCC(C)(C)C(=O)OC1(C)C2CC3CC(C2)CC1C3.CCC(C)(C)C(=O)OC1(C)CC2CC1C1CCCC21.CCC(C)(C)C(=O)OC1(C)CC2CCC1C2.CCC(C)(C)C(=O)OC1(C)CCC2CCCCC2C1.CCC(C)(C)C(=O)OC1(C)CCCC2CCCCC21. The molecule has 17 aliphatic rings. The molecule has 0 aliphatic heterocycles. The molecule has 0 aromatic rings. The van der Waals surface area contributed by atoms with Gasteiger partial charge in [0.1, 0.15) is 33.6 Å². The first-order valence-electron chi connectivity index (χ1n) is 47.9. The summed E-state index contributed by atoms with van der Waals surface area (Å²) in [6.07, 6.45) is 49.2. The Morgan fingerprint density at radius 1 is 0.272 bits per heavy atom. The van der Waals surface area contributed by atoms with Crippen LogP contribution in [0.4, 0.5) is 0 Å². The summed E-state index contributed by atoms with van der Waals surface area (Å²) in [5.41, 5.74) is -3.01. The van der Waals surface area contributed by atoms with E-state index in [-0.39, 0.29) is 196 Å². The number of carbonyl (C=O) groups is 6. The van der Waals surface area contributed by atoms with Gasteiger partial charge in [0.05, 0.1) is 32.5 Å². The highest BCUT2D eigenvalue weighted by molar-refractivity contribution is 5.79. The van der Waals surface area contributed by atoms with Gasteiger partial charge < -0.3 is 28.4 Å². The van der Waals surface area contributed by atoms with Crippen molar-refractivity contribution < 1.29 is 57.2 Å². The first kappa shape index (κ1) is 126. The summed E-state index contributed by atoms with van der Waals surface area (Å²) in [6, 6.07) is 0. The van der Waals surface area contributed by atoms with Crippen molar-refractivity contribution in [1.29, 1.82) is 0 Å². The van der Waals surface area contributed by atoms with Crippen LogP contribution in [0.25, 0.3) is 0 Å². The molecule has 0 spiro atoms. The second-order valence-corrected chi connectivity index (χ2v) is 47.1. The average molecular weight is 1770 g/mol. The molecule has 0 saturated heterocycles. The van der Waals surface area contributed by atoms with Crippen molar-refractivity contribution >= 4 is 35.8 Å². The molecule has 17 saturated carbocycles. The van der Waals surface area contributed by atoms with Gasteiger partial charge in [-0.2, -0.15) is 0 Å². The van der Waals surface area contributed by atoms with Gasteiger partial charge in [0.25, 0.3) is 0 Å². The number of fused-ring (bicyclic) bond motifs is 9. The van der Waals surface area contributed by atoms with Crippen LogP contribution in [0.5, 0.6) is 0 Å². The molecule has 12 heteroatoms. The number of esters is 6. The normalized spacial score (nSPS) is 35.6. The molecule has 17 rings (SSSR count). The quantitative estimate of drug-likeness (QED) is 0.0892. The minimum atomic E-state index is -0.362. The predicted octanol–water partition coefficient (Wildman–Crippen LogP) is 33.9. The third-order valence-electron chi connectivity index (χ3n) is 36.3. The van der Waals surface area contributed by atoms with Crippen molar-refractivity contribution in [3.8, 4) is 0 Å². The number of rotatable bonds is 19. The molecule has 0 N–H and O–H groups in total. The lowest BCUT2D eigenvalue weighted by Gasteiger charge is -2.61. The maximum Gasteiger partial charge on any atom is 0.312 e. The van der Waals surface area contributed by atoms with E-state index in [2.05, 4.69) is 83.1 Å². The van der Waals surface area contributed by atoms with E-state index in [0.29, 0.717) is 29.6 Å². The van der Waals surface area contributed by atoms with Gasteiger partial charge in [0.15, 0.2) is 0 Å². The fourth-order valence-electron chi connectivity index (χ4n) is 26.0. The van der Waals surface area contributed by atoms with Crippen molar-refractivity contribution in [2.45, 2.75) is 553 Å². The van der Waals surface area contributed by atoms with Crippen LogP contribution in [0.1, 0.15) is 519 Å². The topological polar surface area (TPSA) is 158 Å². The third-order valence-corrected chi connectivity index (χ3v) is 36.3. The van der Waals surface area contributed by atoms with Crippen molar-refractivity contribution in [2.75, 3.05) is 0 Å². The zero-order chi connectivity index (χ0) is 83.3. The molecule has 14 atom stereocenters. The van der Waals surface area contributed by atoms with Crippen LogP contribution in [0.3, 0.4) is 0 Å². The van der Waals surface area contributed by atoms with Crippen LogP contribution in [0.15, 0.2) is 0 Å². The lowest BCUT2D eigenvalue weighted by Crippen LogP contribution is -2.58. The molecule has 17 fully saturated rings. The van der Waals surface area contributed by atoms with E-state index in [0.717, 1.165) is 142 Å². The van der Waals surface area contributed by atoms with Gasteiger partial charge in [-0.25, -0.2) is 0 Å². The molecule has 0 heterocycles. The maximum atomic E-state index is 12.6. The summed E-state index contributed by atoms with van der Waals surface area (Å²) >= 11 is 0. The number of carbonyl (C=O) groups excluding carboxylic acids is 6. The molecule has 14 unspecified atom stereocenters. The Kier molecular flexibility index (Phi) is 48.5. The van der Waals surface area contributed by atoms with Gasteiger partial charge in [0, 0.05) is 17.3 Å². The molecule has 125 heavy (non-hydrogen) atoms. The average Bonchev–Trinajstić information content (AvgIpc) is 1.25. The van der Waals surface area contributed by atoms with Crippen LogP contribution in [0, 0.1) is 139 Å². The lowest BCUT2D eigenvalue weighted by molar-refractivity contribution is -0.211. The zero-order valence-corrected chi connectivity index (χ0v) is 77.5. The van der Waals surface area contributed by atoms with E-state index in [4.69, 9.17) is 28.4 Å². The summed E-state index contributed by atoms with van der Waals surface area (Å²) in [6.45, 7) is 51.6. The highest BCUT2D eigenvalue weighted by Crippen LogP contribution is 2.67. The smallest absolute Gasteiger partial charge is 0.312 e. The minimum Gasteiger partial charge on any atom is -0.459 e.